The second-order valence-electron chi connectivity index (χ2n) is 20.4. The van der Waals surface area contributed by atoms with Gasteiger partial charge in [0.05, 0.1) is 25.4 Å². The highest BCUT2D eigenvalue weighted by Crippen LogP contribution is 2.23. The fourth-order valence-corrected chi connectivity index (χ4v) is 9.19. The van der Waals surface area contributed by atoms with Crippen molar-refractivity contribution in [3.8, 4) is 0 Å². The minimum Gasteiger partial charge on any atom is -0.394 e. The van der Waals surface area contributed by atoms with Crippen molar-refractivity contribution in [3.05, 3.63) is 36.5 Å². The van der Waals surface area contributed by atoms with Crippen LogP contribution in [0.1, 0.15) is 258 Å². The molecule has 1 rings (SSSR count). The van der Waals surface area contributed by atoms with Crippen molar-refractivity contribution in [3.63, 3.8) is 0 Å². The zero-order valence-corrected chi connectivity index (χ0v) is 44.3. The lowest BCUT2D eigenvalue weighted by atomic mass is 9.99. The first kappa shape index (κ1) is 65.3. The summed E-state index contributed by atoms with van der Waals surface area (Å²) in [7, 11) is 0. The fourth-order valence-electron chi connectivity index (χ4n) is 9.19. The number of hydrogen-bond donors (Lipinski definition) is 8. The largest absolute Gasteiger partial charge is 0.394 e. The van der Waals surface area contributed by atoms with Gasteiger partial charge in [-0.3, -0.25) is 4.79 Å². The Labute approximate surface area is 422 Å². The summed E-state index contributed by atoms with van der Waals surface area (Å²) in [4.78, 5) is 13.1. The van der Waals surface area contributed by atoms with Crippen LogP contribution in [0.4, 0.5) is 0 Å². The van der Waals surface area contributed by atoms with Gasteiger partial charge in [0, 0.05) is 6.42 Å². The third kappa shape index (κ3) is 36.0. The molecule has 69 heavy (non-hydrogen) atoms. The summed E-state index contributed by atoms with van der Waals surface area (Å²) in [6.45, 7) is 3.40. The maximum Gasteiger partial charge on any atom is 0.249 e. The van der Waals surface area contributed by atoms with Gasteiger partial charge in [-0.05, 0) is 51.4 Å². The highest BCUT2D eigenvalue weighted by molar-refractivity contribution is 5.81. The van der Waals surface area contributed by atoms with Crippen molar-refractivity contribution in [2.75, 3.05) is 13.2 Å². The summed E-state index contributed by atoms with van der Waals surface area (Å²) in [5, 5.41) is 75.8. The molecule has 1 amide bonds. The smallest absolute Gasteiger partial charge is 0.249 e. The fraction of sp³-hybridized carbons (Fsp3) is 0.879. The first-order valence-corrected chi connectivity index (χ1v) is 28.9. The molecule has 0 spiro atoms. The van der Waals surface area contributed by atoms with Crippen molar-refractivity contribution in [2.45, 2.75) is 313 Å². The van der Waals surface area contributed by atoms with Gasteiger partial charge < -0.3 is 50.5 Å². The number of aliphatic hydroxyl groups is 7. The SMILES string of the molecule is CCCCCCCC/C=C\C/C=C\CC(O)C(=O)NC(COC1OC(CO)C(O)C(O)C1O)C(O)C(O)CCC/C=C/CCCCCCCCCCCCCCCCCCCCCCCCCCC. The van der Waals surface area contributed by atoms with Crippen molar-refractivity contribution < 1.29 is 50.0 Å². The third-order valence-electron chi connectivity index (χ3n) is 13.9. The highest BCUT2D eigenvalue weighted by atomic mass is 16.7. The normalized spacial score (nSPS) is 20.6. The maximum absolute atomic E-state index is 13.1. The molecule has 406 valence electrons. The molecule has 0 aliphatic carbocycles. The molecule has 0 aromatic rings. The van der Waals surface area contributed by atoms with E-state index in [1.165, 1.54) is 193 Å². The Hall–Kier alpha value is -1.67. The van der Waals surface area contributed by atoms with Gasteiger partial charge in [-0.2, -0.15) is 0 Å². The summed E-state index contributed by atoms with van der Waals surface area (Å²) in [5.74, 6) is -0.772. The monoisotopic (exact) mass is 980 g/mol. The predicted octanol–water partition coefficient (Wildman–Crippen LogP) is 11.9. The maximum atomic E-state index is 13.1. The first-order valence-electron chi connectivity index (χ1n) is 28.9. The molecular formula is C58H109NO10. The lowest BCUT2D eigenvalue weighted by Crippen LogP contribution is -2.60. The van der Waals surface area contributed by atoms with E-state index in [4.69, 9.17) is 9.47 Å². The van der Waals surface area contributed by atoms with Crippen molar-refractivity contribution in [1.29, 1.82) is 0 Å². The number of unbranched alkanes of at least 4 members (excludes halogenated alkanes) is 32. The highest BCUT2D eigenvalue weighted by Gasteiger charge is 2.44. The van der Waals surface area contributed by atoms with Crippen LogP contribution in [-0.4, -0.2) is 110 Å². The van der Waals surface area contributed by atoms with E-state index in [0.29, 0.717) is 12.8 Å². The van der Waals surface area contributed by atoms with E-state index < -0.39 is 74.2 Å². The number of hydrogen-bond acceptors (Lipinski definition) is 10. The number of rotatable bonds is 49. The molecular weight excluding hydrogens is 871 g/mol. The van der Waals surface area contributed by atoms with Gasteiger partial charge in [0.2, 0.25) is 5.91 Å². The molecule has 0 radical (unpaired) electrons. The van der Waals surface area contributed by atoms with Gasteiger partial charge in [0.15, 0.2) is 6.29 Å². The van der Waals surface area contributed by atoms with E-state index in [0.717, 1.165) is 25.7 Å². The first-order chi connectivity index (χ1) is 33.7. The minimum atomic E-state index is -1.68. The van der Waals surface area contributed by atoms with Crippen LogP contribution < -0.4 is 5.32 Å². The van der Waals surface area contributed by atoms with Crippen LogP contribution in [-0.2, 0) is 14.3 Å². The average Bonchev–Trinajstić information content (AvgIpc) is 3.35. The molecule has 1 aliphatic rings. The van der Waals surface area contributed by atoms with Crippen LogP contribution >= 0.6 is 0 Å². The third-order valence-corrected chi connectivity index (χ3v) is 13.9. The Kier molecular flexibility index (Phi) is 44.8. The minimum absolute atomic E-state index is 0.0437. The molecule has 9 atom stereocenters. The Balaban J connectivity index is 2.26. The molecule has 0 saturated carbocycles. The number of allylic oxidation sites excluding steroid dienone is 5. The molecule has 1 heterocycles. The molecule has 0 aromatic carbocycles. The van der Waals surface area contributed by atoms with Gasteiger partial charge in [0.1, 0.15) is 36.6 Å². The zero-order chi connectivity index (χ0) is 50.4. The molecule has 1 fully saturated rings. The van der Waals surface area contributed by atoms with E-state index in [2.05, 4.69) is 43.5 Å². The quantitative estimate of drug-likeness (QED) is 0.0215. The Morgan fingerprint density at radius 1 is 0.522 bits per heavy atom. The Bertz CT molecular complexity index is 1210. The van der Waals surface area contributed by atoms with Crippen molar-refractivity contribution in [2.24, 2.45) is 0 Å². The molecule has 0 bridgehead atoms. The van der Waals surface area contributed by atoms with E-state index in [1.807, 2.05) is 6.08 Å². The standard InChI is InChI=1S/C58H109NO10/c1-3-5-7-9-11-13-15-17-18-19-20-21-22-23-24-25-26-27-28-29-30-31-32-33-34-36-37-39-41-43-45-50(61)53(63)49(48-68-58-56(66)55(65)54(64)52(47-60)69-58)59-57(67)51(62)46-44-42-40-38-35-16-14-12-10-8-6-4-2/h35,37-39,42,44,49-56,58,60-66H,3-34,36,40-41,43,45-48H2,1-2H3,(H,59,67)/b38-35-,39-37+,44-42-. The zero-order valence-electron chi connectivity index (χ0n) is 44.3. The van der Waals surface area contributed by atoms with Crippen molar-refractivity contribution >= 4 is 5.91 Å². The molecule has 1 aliphatic heterocycles. The van der Waals surface area contributed by atoms with E-state index in [1.54, 1.807) is 6.08 Å². The van der Waals surface area contributed by atoms with Crippen LogP contribution in [0.15, 0.2) is 36.5 Å². The lowest BCUT2D eigenvalue weighted by molar-refractivity contribution is -0.303. The average molecular weight is 981 g/mol. The van der Waals surface area contributed by atoms with Crippen LogP contribution in [0.5, 0.6) is 0 Å². The number of nitrogens with one attached hydrogen (secondary N) is 1. The summed E-state index contributed by atoms with van der Waals surface area (Å²) in [6, 6.07) is -1.22. The second kappa shape index (κ2) is 47.3. The number of carbonyl (C=O) groups is 1. The summed E-state index contributed by atoms with van der Waals surface area (Å²) in [5.41, 5.74) is 0. The number of ether oxygens (including phenoxy) is 2. The van der Waals surface area contributed by atoms with Crippen LogP contribution in [0.25, 0.3) is 0 Å². The molecule has 9 unspecified atom stereocenters. The van der Waals surface area contributed by atoms with Crippen LogP contribution in [0, 0.1) is 0 Å². The van der Waals surface area contributed by atoms with Crippen LogP contribution in [0.3, 0.4) is 0 Å². The molecule has 11 heteroatoms. The van der Waals surface area contributed by atoms with E-state index >= 15 is 0 Å². The number of aliphatic hydroxyl groups excluding tert-OH is 7. The summed E-state index contributed by atoms with van der Waals surface area (Å²) >= 11 is 0. The van der Waals surface area contributed by atoms with Crippen LogP contribution in [0.2, 0.25) is 0 Å². The van der Waals surface area contributed by atoms with Gasteiger partial charge in [-0.15, -0.1) is 0 Å². The van der Waals surface area contributed by atoms with Gasteiger partial charge in [0.25, 0.3) is 0 Å². The summed E-state index contributed by atoms with van der Waals surface area (Å²) < 4.78 is 11.1. The number of carbonyl (C=O) groups excluding carboxylic acids is 1. The molecule has 0 aromatic heterocycles. The number of amides is 1. The van der Waals surface area contributed by atoms with E-state index in [9.17, 15) is 40.5 Å². The summed E-state index contributed by atoms with van der Waals surface area (Å²) in [6.07, 6.45) is 46.8. The van der Waals surface area contributed by atoms with Crippen molar-refractivity contribution in [1.82, 2.24) is 5.32 Å². The van der Waals surface area contributed by atoms with Gasteiger partial charge in [-0.1, -0.05) is 237 Å². The van der Waals surface area contributed by atoms with Gasteiger partial charge >= 0.3 is 0 Å². The Morgan fingerprint density at radius 2 is 0.913 bits per heavy atom. The van der Waals surface area contributed by atoms with E-state index in [-0.39, 0.29) is 12.8 Å². The molecule has 8 N–H and O–H groups in total. The second-order valence-corrected chi connectivity index (χ2v) is 20.4. The predicted molar refractivity (Wildman–Crippen MR) is 284 cm³/mol. The lowest BCUT2D eigenvalue weighted by Gasteiger charge is -2.40. The Morgan fingerprint density at radius 3 is 1.35 bits per heavy atom. The molecule has 11 nitrogen and oxygen atoms in total. The van der Waals surface area contributed by atoms with Gasteiger partial charge in [-0.25, -0.2) is 0 Å². The topological polar surface area (TPSA) is 189 Å². The molecule has 1 saturated heterocycles.